The van der Waals surface area contributed by atoms with Gasteiger partial charge in [-0.3, -0.25) is 9.69 Å². The zero-order valence-corrected chi connectivity index (χ0v) is 14.3. The third-order valence-corrected chi connectivity index (χ3v) is 4.95. The van der Waals surface area contributed by atoms with Crippen LogP contribution < -0.4 is 0 Å². The fourth-order valence-corrected chi connectivity index (χ4v) is 3.50. The number of H-pyrrole nitrogens is 1. The van der Waals surface area contributed by atoms with E-state index in [-0.39, 0.29) is 5.91 Å². The van der Waals surface area contributed by atoms with Crippen molar-refractivity contribution >= 4 is 16.8 Å². The van der Waals surface area contributed by atoms with Gasteiger partial charge in [-0.15, -0.1) is 0 Å². The smallest absolute Gasteiger partial charge is 0.227 e. The number of nitrogens with zero attached hydrogens (tertiary/aromatic N) is 2. The second-order valence-corrected chi connectivity index (χ2v) is 6.72. The average molecular weight is 333 g/mol. The lowest BCUT2D eigenvalue weighted by Crippen LogP contribution is -2.48. The van der Waals surface area contributed by atoms with Crippen molar-refractivity contribution in [1.82, 2.24) is 14.8 Å². The Morgan fingerprint density at radius 2 is 1.72 bits per heavy atom. The highest BCUT2D eigenvalue weighted by molar-refractivity contribution is 5.80. The number of aromatic nitrogens is 1. The topological polar surface area (TPSA) is 39.3 Å². The maximum atomic E-state index is 12.5. The van der Waals surface area contributed by atoms with Crippen molar-refractivity contribution in [2.45, 2.75) is 13.0 Å². The summed E-state index contributed by atoms with van der Waals surface area (Å²) in [7, 11) is 0. The molecule has 4 heteroatoms. The molecule has 1 amide bonds. The fourth-order valence-electron chi connectivity index (χ4n) is 3.50. The highest BCUT2D eigenvalue weighted by atomic mass is 16.2. The number of aromatic amines is 1. The molecule has 0 atom stereocenters. The van der Waals surface area contributed by atoms with Crippen LogP contribution in [-0.4, -0.2) is 46.9 Å². The van der Waals surface area contributed by atoms with Crippen LogP contribution in [0.15, 0.2) is 60.8 Å². The monoisotopic (exact) mass is 333 g/mol. The highest BCUT2D eigenvalue weighted by Crippen LogP contribution is 2.16. The molecule has 1 fully saturated rings. The summed E-state index contributed by atoms with van der Waals surface area (Å²) >= 11 is 0. The molecule has 1 aliphatic rings. The van der Waals surface area contributed by atoms with Gasteiger partial charge in [0.2, 0.25) is 5.91 Å². The zero-order chi connectivity index (χ0) is 17.1. The molecule has 4 rings (SSSR count). The largest absolute Gasteiger partial charge is 0.361 e. The summed E-state index contributed by atoms with van der Waals surface area (Å²) in [5.41, 5.74) is 3.60. The van der Waals surface area contributed by atoms with Gasteiger partial charge < -0.3 is 9.88 Å². The molecule has 2 heterocycles. The molecule has 1 saturated heterocycles. The molecule has 25 heavy (non-hydrogen) atoms. The SMILES string of the molecule is O=C(Cc1ccccc1)N1CCN(Cc2ccc3[nH]ccc3c2)CC1. The molecule has 1 aliphatic heterocycles. The van der Waals surface area contributed by atoms with E-state index in [0.29, 0.717) is 6.42 Å². The number of carbonyl (C=O) groups is 1. The van der Waals surface area contributed by atoms with Crippen LogP contribution in [0, 0.1) is 0 Å². The summed E-state index contributed by atoms with van der Waals surface area (Å²) in [5, 5.41) is 1.26. The first-order chi connectivity index (χ1) is 12.3. The van der Waals surface area contributed by atoms with E-state index in [1.165, 1.54) is 16.5 Å². The van der Waals surface area contributed by atoms with Crippen LogP contribution >= 0.6 is 0 Å². The van der Waals surface area contributed by atoms with Crippen molar-refractivity contribution < 1.29 is 4.79 Å². The van der Waals surface area contributed by atoms with Crippen molar-refractivity contribution in [1.29, 1.82) is 0 Å². The second kappa shape index (κ2) is 7.11. The number of benzene rings is 2. The minimum atomic E-state index is 0.236. The lowest BCUT2D eigenvalue weighted by atomic mass is 10.1. The molecule has 0 aliphatic carbocycles. The standard InChI is InChI=1S/C21H23N3O/c25-21(15-17-4-2-1-3-5-17)24-12-10-23(11-13-24)16-18-6-7-20-19(14-18)8-9-22-20/h1-9,14,22H,10-13,15-16H2. The van der Waals surface area contributed by atoms with Crippen LogP contribution in [0.1, 0.15) is 11.1 Å². The van der Waals surface area contributed by atoms with E-state index in [4.69, 9.17) is 0 Å². The second-order valence-electron chi connectivity index (χ2n) is 6.72. The van der Waals surface area contributed by atoms with Crippen LogP contribution in [-0.2, 0) is 17.8 Å². The predicted molar refractivity (Wildman–Crippen MR) is 100 cm³/mol. The summed E-state index contributed by atoms with van der Waals surface area (Å²) in [5.74, 6) is 0.236. The van der Waals surface area contributed by atoms with E-state index in [9.17, 15) is 4.79 Å². The Bertz CT molecular complexity index is 848. The minimum absolute atomic E-state index is 0.236. The number of rotatable bonds is 4. The molecule has 1 N–H and O–H groups in total. The number of hydrogen-bond donors (Lipinski definition) is 1. The van der Waals surface area contributed by atoms with Crippen LogP contribution in [0.2, 0.25) is 0 Å². The molecule has 0 saturated carbocycles. The van der Waals surface area contributed by atoms with Gasteiger partial charge >= 0.3 is 0 Å². The number of carbonyl (C=O) groups excluding carboxylic acids is 1. The lowest BCUT2D eigenvalue weighted by molar-refractivity contribution is -0.132. The Labute approximate surface area is 148 Å². The third-order valence-electron chi connectivity index (χ3n) is 4.95. The van der Waals surface area contributed by atoms with Crippen molar-refractivity contribution in [2.24, 2.45) is 0 Å². The zero-order valence-electron chi connectivity index (χ0n) is 14.3. The van der Waals surface area contributed by atoms with Gasteiger partial charge in [0.15, 0.2) is 0 Å². The normalized spacial score (nSPS) is 15.6. The molecule has 128 valence electrons. The van der Waals surface area contributed by atoms with Crippen LogP contribution in [0.3, 0.4) is 0 Å². The van der Waals surface area contributed by atoms with Gasteiger partial charge in [-0.25, -0.2) is 0 Å². The van der Waals surface area contributed by atoms with Crippen LogP contribution in [0.4, 0.5) is 0 Å². The minimum Gasteiger partial charge on any atom is -0.361 e. The van der Waals surface area contributed by atoms with E-state index in [2.05, 4.69) is 34.1 Å². The average Bonchev–Trinajstić information content (AvgIpc) is 3.11. The molecular weight excluding hydrogens is 310 g/mol. The molecule has 4 nitrogen and oxygen atoms in total. The summed E-state index contributed by atoms with van der Waals surface area (Å²) in [4.78, 5) is 20.1. The quantitative estimate of drug-likeness (QED) is 0.797. The summed E-state index contributed by atoms with van der Waals surface area (Å²) in [6.45, 7) is 4.45. The maximum absolute atomic E-state index is 12.5. The van der Waals surface area contributed by atoms with Crippen LogP contribution in [0.25, 0.3) is 10.9 Å². The molecule has 1 aromatic heterocycles. The van der Waals surface area contributed by atoms with Crippen LogP contribution in [0.5, 0.6) is 0 Å². The van der Waals surface area contributed by atoms with Crippen molar-refractivity contribution in [3.63, 3.8) is 0 Å². The molecule has 0 bridgehead atoms. The third kappa shape index (κ3) is 3.74. The first kappa shape index (κ1) is 15.9. The van der Waals surface area contributed by atoms with Gasteiger partial charge in [0.25, 0.3) is 0 Å². The van der Waals surface area contributed by atoms with Gasteiger partial charge in [0.05, 0.1) is 6.42 Å². The Hall–Kier alpha value is -2.59. The van der Waals surface area contributed by atoms with E-state index >= 15 is 0 Å². The Morgan fingerprint density at radius 3 is 2.52 bits per heavy atom. The number of piperazine rings is 1. The Morgan fingerprint density at radius 1 is 0.920 bits per heavy atom. The first-order valence-corrected chi connectivity index (χ1v) is 8.88. The van der Waals surface area contributed by atoms with E-state index < -0.39 is 0 Å². The molecule has 0 radical (unpaired) electrons. The summed E-state index contributed by atoms with van der Waals surface area (Å²) in [6.07, 6.45) is 2.48. The predicted octanol–water partition coefficient (Wildman–Crippen LogP) is 3.05. The number of fused-ring (bicyclic) bond motifs is 1. The molecule has 0 unspecified atom stereocenters. The molecule has 0 spiro atoms. The first-order valence-electron chi connectivity index (χ1n) is 8.88. The van der Waals surface area contributed by atoms with E-state index in [1.807, 2.05) is 41.4 Å². The lowest BCUT2D eigenvalue weighted by Gasteiger charge is -2.35. The summed E-state index contributed by atoms with van der Waals surface area (Å²) < 4.78 is 0. The van der Waals surface area contributed by atoms with Gasteiger partial charge in [0, 0.05) is 44.4 Å². The Balaban J connectivity index is 1.31. The van der Waals surface area contributed by atoms with Gasteiger partial charge in [0.1, 0.15) is 0 Å². The van der Waals surface area contributed by atoms with Crippen molar-refractivity contribution in [2.75, 3.05) is 26.2 Å². The van der Waals surface area contributed by atoms with Gasteiger partial charge in [-0.1, -0.05) is 36.4 Å². The van der Waals surface area contributed by atoms with E-state index in [1.54, 1.807) is 0 Å². The summed E-state index contributed by atoms with van der Waals surface area (Å²) in [6, 6.07) is 18.7. The highest BCUT2D eigenvalue weighted by Gasteiger charge is 2.21. The van der Waals surface area contributed by atoms with E-state index in [0.717, 1.165) is 38.3 Å². The van der Waals surface area contributed by atoms with Crippen molar-refractivity contribution in [3.05, 3.63) is 71.9 Å². The Kier molecular flexibility index (Phi) is 4.53. The van der Waals surface area contributed by atoms with Crippen molar-refractivity contribution in [3.8, 4) is 0 Å². The van der Waals surface area contributed by atoms with Gasteiger partial charge in [-0.05, 0) is 34.7 Å². The molecular formula is C21H23N3O. The number of amides is 1. The molecule has 2 aromatic carbocycles. The van der Waals surface area contributed by atoms with Gasteiger partial charge in [-0.2, -0.15) is 0 Å². The number of hydrogen-bond acceptors (Lipinski definition) is 2. The maximum Gasteiger partial charge on any atom is 0.227 e. The number of nitrogens with one attached hydrogen (secondary N) is 1. The molecule has 3 aromatic rings. The fraction of sp³-hybridized carbons (Fsp3) is 0.286.